The molecule has 2 aromatic carbocycles. The SMILES string of the molecule is NC(=O)c1ccccc1Cc1ccc(CO)cc1. The number of amides is 1. The third kappa shape index (κ3) is 2.76. The molecule has 0 saturated heterocycles. The van der Waals surface area contributed by atoms with Gasteiger partial charge < -0.3 is 10.8 Å². The molecule has 0 radical (unpaired) electrons. The summed E-state index contributed by atoms with van der Waals surface area (Å²) in [6.07, 6.45) is 0.658. The number of primary amides is 1. The van der Waals surface area contributed by atoms with Crippen molar-refractivity contribution in [2.75, 3.05) is 0 Å². The van der Waals surface area contributed by atoms with Crippen molar-refractivity contribution in [2.24, 2.45) is 5.73 Å². The fraction of sp³-hybridized carbons (Fsp3) is 0.133. The molecule has 92 valence electrons. The lowest BCUT2D eigenvalue weighted by molar-refractivity contribution is 0.0999. The number of benzene rings is 2. The number of aliphatic hydroxyl groups excluding tert-OH is 1. The zero-order valence-corrected chi connectivity index (χ0v) is 9.97. The molecule has 2 rings (SSSR count). The summed E-state index contributed by atoms with van der Waals surface area (Å²) in [5, 5.41) is 8.97. The summed E-state index contributed by atoms with van der Waals surface area (Å²) in [5.41, 5.74) is 8.78. The van der Waals surface area contributed by atoms with Gasteiger partial charge in [-0.15, -0.1) is 0 Å². The van der Waals surface area contributed by atoms with Crippen LogP contribution in [-0.4, -0.2) is 11.0 Å². The van der Waals surface area contributed by atoms with Crippen molar-refractivity contribution in [3.63, 3.8) is 0 Å². The number of carbonyl (C=O) groups is 1. The normalized spacial score (nSPS) is 10.3. The minimum Gasteiger partial charge on any atom is -0.392 e. The van der Waals surface area contributed by atoms with Crippen LogP contribution in [0.15, 0.2) is 48.5 Å². The Morgan fingerprint density at radius 2 is 1.61 bits per heavy atom. The highest BCUT2D eigenvalue weighted by molar-refractivity contribution is 5.94. The van der Waals surface area contributed by atoms with E-state index in [1.165, 1.54) is 0 Å². The fourth-order valence-electron chi connectivity index (χ4n) is 1.90. The topological polar surface area (TPSA) is 63.3 Å². The molecule has 0 unspecified atom stereocenters. The van der Waals surface area contributed by atoms with E-state index in [4.69, 9.17) is 10.8 Å². The zero-order chi connectivity index (χ0) is 13.0. The van der Waals surface area contributed by atoms with Gasteiger partial charge in [-0.1, -0.05) is 42.5 Å². The summed E-state index contributed by atoms with van der Waals surface area (Å²) in [7, 11) is 0. The van der Waals surface area contributed by atoms with Crippen LogP contribution in [0, 0.1) is 0 Å². The van der Waals surface area contributed by atoms with Gasteiger partial charge in [0.1, 0.15) is 0 Å². The van der Waals surface area contributed by atoms with Crippen molar-refractivity contribution < 1.29 is 9.90 Å². The van der Waals surface area contributed by atoms with E-state index in [0.717, 1.165) is 16.7 Å². The van der Waals surface area contributed by atoms with Crippen LogP contribution in [0.4, 0.5) is 0 Å². The molecule has 0 aliphatic rings. The third-order valence-electron chi connectivity index (χ3n) is 2.88. The van der Waals surface area contributed by atoms with E-state index < -0.39 is 5.91 Å². The number of hydrogen-bond acceptors (Lipinski definition) is 2. The van der Waals surface area contributed by atoms with E-state index in [1.807, 2.05) is 36.4 Å². The molecule has 0 aliphatic carbocycles. The lowest BCUT2D eigenvalue weighted by atomic mass is 9.99. The van der Waals surface area contributed by atoms with E-state index >= 15 is 0 Å². The maximum absolute atomic E-state index is 11.3. The Hall–Kier alpha value is -2.13. The maximum Gasteiger partial charge on any atom is 0.248 e. The first-order valence-corrected chi connectivity index (χ1v) is 5.77. The highest BCUT2D eigenvalue weighted by atomic mass is 16.3. The average molecular weight is 241 g/mol. The summed E-state index contributed by atoms with van der Waals surface area (Å²) in [6.45, 7) is 0.0398. The molecule has 0 atom stereocenters. The van der Waals surface area contributed by atoms with Crippen molar-refractivity contribution in [3.05, 3.63) is 70.8 Å². The number of rotatable bonds is 4. The molecule has 0 spiro atoms. The summed E-state index contributed by atoms with van der Waals surface area (Å²) < 4.78 is 0. The van der Waals surface area contributed by atoms with Crippen molar-refractivity contribution in [1.29, 1.82) is 0 Å². The first kappa shape index (κ1) is 12.3. The molecular formula is C15H15NO2. The van der Waals surface area contributed by atoms with Crippen LogP contribution >= 0.6 is 0 Å². The number of carbonyl (C=O) groups excluding carboxylic acids is 1. The van der Waals surface area contributed by atoms with Gasteiger partial charge in [0.2, 0.25) is 5.91 Å². The van der Waals surface area contributed by atoms with Gasteiger partial charge in [0, 0.05) is 5.56 Å². The van der Waals surface area contributed by atoms with Crippen LogP contribution in [-0.2, 0) is 13.0 Å². The largest absolute Gasteiger partial charge is 0.392 e. The van der Waals surface area contributed by atoms with Gasteiger partial charge in [0.05, 0.1) is 6.61 Å². The molecule has 0 aromatic heterocycles. The Morgan fingerprint density at radius 3 is 2.22 bits per heavy atom. The Kier molecular flexibility index (Phi) is 3.75. The summed E-state index contributed by atoms with van der Waals surface area (Å²) in [5.74, 6) is -0.405. The van der Waals surface area contributed by atoms with Crippen LogP contribution in [0.25, 0.3) is 0 Å². The van der Waals surface area contributed by atoms with Crippen molar-refractivity contribution in [1.82, 2.24) is 0 Å². The van der Waals surface area contributed by atoms with Crippen molar-refractivity contribution in [3.8, 4) is 0 Å². The predicted molar refractivity (Wildman–Crippen MR) is 70.1 cm³/mol. The Morgan fingerprint density at radius 1 is 1.00 bits per heavy atom. The van der Waals surface area contributed by atoms with Gasteiger partial charge in [0.25, 0.3) is 0 Å². The number of nitrogens with two attached hydrogens (primary N) is 1. The van der Waals surface area contributed by atoms with Gasteiger partial charge in [-0.25, -0.2) is 0 Å². The first-order chi connectivity index (χ1) is 8.70. The van der Waals surface area contributed by atoms with E-state index in [9.17, 15) is 4.79 Å². The Balaban J connectivity index is 2.25. The van der Waals surface area contributed by atoms with Crippen molar-refractivity contribution in [2.45, 2.75) is 13.0 Å². The molecule has 18 heavy (non-hydrogen) atoms. The highest BCUT2D eigenvalue weighted by Crippen LogP contribution is 2.14. The van der Waals surface area contributed by atoms with Crippen LogP contribution in [0.2, 0.25) is 0 Å². The second kappa shape index (κ2) is 5.47. The molecule has 2 aromatic rings. The molecule has 0 aliphatic heterocycles. The van der Waals surface area contributed by atoms with Gasteiger partial charge in [-0.05, 0) is 29.2 Å². The van der Waals surface area contributed by atoms with Crippen LogP contribution in [0.3, 0.4) is 0 Å². The van der Waals surface area contributed by atoms with E-state index in [-0.39, 0.29) is 6.61 Å². The molecule has 3 N–H and O–H groups in total. The Bertz CT molecular complexity index is 547. The minimum atomic E-state index is -0.405. The van der Waals surface area contributed by atoms with Crippen LogP contribution in [0.1, 0.15) is 27.0 Å². The van der Waals surface area contributed by atoms with E-state index in [2.05, 4.69) is 0 Å². The van der Waals surface area contributed by atoms with Gasteiger partial charge in [0.15, 0.2) is 0 Å². The summed E-state index contributed by atoms with van der Waals surface area (Å²) in [6, 6.07) is 15.0. The molecule has 0 saturated carbocycles. The van der Waals surface area contributed by atoms with E-state index in [0.29, 0.717) is 12.0 Å². The Labute approximate surface area is 106 Å². The minimum absolute atomic E-state index is 0.0398. The zero-order valence-electron chi connectivity index (χ0n) is 9.97. The standard InChI is InChI=1S/C15H15NO2/c16-15(18)14-4-2-1-3-13(14)9-11-5-7-12(10-17)8-6-11/h1-8,17H,9-10H2,(H2,16,18). The molecular weight excluding hydrogens is 226 g/mol. The molecule has 0 fully saturated rings. The fourth-order valence-corrected chi connectivity index (χ4v) is 1.90. The van der Waals surface area contributed by atoms with Crippen LogP contribution in [0.5, 0.6) is 0 Å². The number of hydrogen-bond donors (Lipinski definition) is 2. The highest BCUT2D eigenvalue weighted by Gasteiger charge is 2.07. The smallest absolute Gasteiger partial charge is 0.248 e. The molecule has 3 nitrogen and oxygen atoms in total. The first-order valence-electron chi connectivity index (χ1n) is 5.77. The lowest BCUT2D eigenvalue weighted by Crippen LogP contribution is -2.13. The molecule has 1 amide bonds. The molecule has 3 heteroatoms. The van der Waals surface area contributed by atoms with Gasteiger partial charge in [-0.3, -0.25) is 4.79 Å². The maximum atomic E-state index is 11.3. The lowest BCUT2D eigenvalue weighted by Gasteiger charge is -2.07. The quantitative estimate of drug-likeness (QED) is 0.858. The van der Waals surface area contributed by atoms with Gasteiger partial charge in [-0.2, -0.15) is 0 Å². The summed E-state index contributed by atoms with van der Waals surface area (Å²) in [4.78, 5) is 11.3. The molecule has 0 bridgehead atoms. The predicted octanol–water partition coefficient (Wildman–Crippen LogP) is 1.87. The van der Waals surface area contributed by atoms with Crippen molar-refractivity contribution >= 4 is 5.91 Å². The van der Waals surface area contributed by atoms with E-state index in [1.54, 1.807) is 12.1 Å². The second-order valence-electron chi connectivity index (χ2n) is 4.17. The summed E-state index contributed by atoms with van der Waals surface area (Å²) >= 11 is 0. The second-order valence-corrected chi connectivity index (χ2v) is 4.17. The van der Waals surface area contributed by atoms with Gasteiger partial charge >= 0.3 is 0 Å². The van der Waals surface area contributed by atoms with Crippen LogP contribution < -0.4 is 5.73 Å². The monoisotopic (exact) mass is 241 g/mol. The molecule has 0 heterocycles. The third-order valence-corrected chi connectivity index (χ3v) is 2.88. The average Bonchev–Trinajstić information content (AvgIpc) is 2.40. The number of aliphatic hydroxyl groups is 1.